The minimum absolute atomic E-state index is 0.0756. The number of nitrogens with zero attached hydrogens (tertiary/aromatic N) is 3. The second-order valence-corrected chi connectivity index (χ2v) is 11.0. The van der Waals surface area contributed by atoms with Gasteiger partial charge >= 0.3 is 0 Å². The fourth-order valence-corrected chi connectivity index (χ4v) is 6.15. The molecule has 2 saturated heterocycles. The summed E-state index contributed by atoms with van der Waals surface area (Å²) in [5.41, 5.74) is 0.856. The van der Waals surface area contributed by atoms with Gasteiger partial charge in [-0.25, -0.2) is 8.42 Å². The molecule has 0 N–H and O–H groups in total. The first kappa shape index (κ1) is 22.2. The van der Waals surface area contributed by atoms with Crippen molar-refractivity contribution in [1.29, 1.82) is 0 Å². The van der Waals surface area contributed by atoms with Crippen LogP contribution in [0.3, 0.4) is 0 Å². The zero-order valence-corrected chi connectivity index (χ0v) is 19.2. The van der Waals surface area contributed by atoms with Crippen LogP contribution in [0.5, 0.6) is 0 Å². The zero-order valence-electron chi connectivity index (χ0n) is 17.6. The first-order valence-corrected chi connectivity index (χ1v) is 13.2. The molecule has 31 heavy (non-hydrogen) atoms. The van der Waals surface area contributed by atoms with Crippen molar-refractivity contribution in [1.82, 2.24) is 14.1 Å². The molecule has 3 heterocycles. The molecule has 0 unspecified atom stereocenters. The fourth-order valence-electron chi connectivity index (χ4n) is 4.18. The van der Waals surface area contributed by atoms with Crippen LogP contribution in [0.1, 0.15) is 23.3 Å². The van der Waals surface area contributed by atoms with Crippen molar-refractivity contribution in [2.75, 3.05) is 39.3 Å². The molecule has 2 aliphatic heterocycles. The van der Waals surface area contributed by atoms with Crippen molar-refractivity contribution < 1.29 is 13.2 Å². The number of hydrogen-bond acceptors (Lipinski definition) is 5. The topological polar surface area (TPSA) is 60.9 Å². The average molecular weight is 460 g/mol. The van der Waals surface area contributed by atoms with Gasteiger partial charge in [-0.15, -0.1) is 11.3 Å². The van der Waals surface area contributed by atoms with Gasteiger partial charge in [0.25, 0.3) is 0 Å². The molecule has 1 amide bonds. The van der Waals surface area contributed by atoms with E-state index < -0.39 is 10.0 Å². The molecule has 2 aromatic rings. The molecule has 1 aromatic heterocycles. The zero-order chi connectivity index (χ0) is 21.7. The molecule has 2 fully saturated rings. The Hall–Kier alpha value is -2.00. The highest BCUT2D eigenvalue weighted by Gasteiger charge is 2.33. The van der Waals surface area contributed by atoms with Gasteiger partial charge < -0.3 is 4.90 Å². The molecule has 2 aliphatic rings. The molecule has 8 heteroatoms. The van der Waals surface area contributed by atoms with Crippen molar-refractivity contribution >= 4 is 33.3 Å². The number of sulfonamides is 1. The van der Waals surface area contributed by atoms with Crippen LogP contribution in [0, 0.1) is 5.92 Å². The van der Waals surface area contributed by atoms with E-state index in [1.54, 1.807) is 17.4 Å². The quantitative estimate of drug-likeness (QED) is 0.666. The van der Waals surface area contributed by atoms with Gasteiger partial charge in [0.1, 0.15) is 0 Å². The third-order valence-electron chi connectivity index (χ3n) is 6.04. The van der Waals surface area contributed by atoms with Crippen LogP contribution in [-0.2, 0) is 21.4 Å². The SMILES string of the molecule is O=C(C1CCN(S(=O)(=O)/C=C/c2ccccc2)CC1)N1CCN(Cc2cccs2)CC1. The van der Waals surface area contributed by atoms with E-state index in [9.17, 15) is 13.2 Å². The van der Waals surface area contributed by atoms with Crippen LogP contribution in [0.2, 0.25) is 0 Å². The van der Waals surface area contributed by atoms with Gasteiger partial charge in [-0.1, -0.05) is 36.4 Å². The lowest BCUT2D eigenvalue weighted by Gasteiger charge is -2.38. The molecule has 0 bridgehead atoms. The predicted octanol–water partition coefficient (Wildman–Crippen LogP) is 3.11. The number of carbonyl (C=O) groups excluding carboxylic acids is 1. The lowest BCUT2D eigenvalue weighted by atomic mass is 9.96. The summed E-state index contributed by atoms with van der Waals surface area (Å²) in [6.45, 7) is 5.03. The molecule has 0 atom stereocenters. The normalized spacial score (nSPS) is 19.8. The maximum atomic E-state index is 13.0. The van der Waals surface area contributed by atoms with Gasteiger partial charge in [0.2, 0.25) is 15.9 Å². The van der Waals surface area contributed by atoms with Crippen LogP contribution >= 0.6 is 11.3 Å². The Morgan fingerprint density at radius 1 is 0.968 bits per heavy atom. The van der Waals surface area contributed by atoms with Gasteiger partial charge in [0.05, 0.1) is 0 Å². The Labute approximate surface area is 188 Å². The first-order valence-electron chi connectivity index (χ1n) is 10.8. The third kappa shape index (κ3) is 5.83. The number of benzene rings is 1. The lowest BCUT2D eigenvalue weighted by molar-refractivity contribution is -0.138. The summed E-state index contributed by atoms with van der Waals surface area (Å²) in [5, 5.41) is 3.37. The number of hydrogen-bond donors (Lipinski definition) is 0. The van der Waals surface area contributed by atoms with Gasteiger partial charge in [-0.2, -0.15) is 4.31 Å². The highest BCUT2D eigenvalue weighted by molar-refractivity contribution is 7.92. The minimum Gasteiger partial charge on any atom is -0.340 e. The Morgan fingerprint density at radius 3 is 2.32 bits per heavy atom. The highest BCUT2D eigenvalue weighted by Crippen LogP contribution is 2.24. The van der Waals surface area contributed by atoms with E-state index >= 15 is 0 Å². The van der Waals surface area contributed by atoms with E-state index in [1.165, 1.54) is 14.6 Å². The molecule has 0 radical (unpaired) electrons. The predicted molar refractivity (Wildman–Crippen MR) is 125 cm³/mol. The standard InChI is InChI=1S/C23H29N3O3S2/c27-23(25-15-13-24(14-16-25)19-22-7-4-17-30-22)21-8-11-26(12-9-21)31(28,29)18-10-20-5-2-1-3-6-20/h1-7,10,17-18,21H,8-9,11-16,19H2/b18-10+. The Balaban J connectivity index is 1.25. The summed E-state index contributed by atoms with van der Waals surface area (Å²) >= 11 is 1.77. The Morgan fingerprint density at radius 2 is 1.68 bits per heavy atom. The fraction of sp³-hybridized carbons (Fsp3) is 0.435. The highest BCUT2D eigenvalue weighted by atomic mass is 32.2. The van der Waals surface area contributed by atoms with Gasteiger partial charge in [0.15, 0.2) is 0 Å². The molecular weight excluding hydrogens is 430 g/mol. The van der Waals surface area contributed by atoms with Crippen LogP contribution < -0.4 is 0 Å². The number of piperazine rings is 1. The van der Waals surface area contributed by atoms with E-state index in [4.69, 9.17) is 0 Å². The second-order valence-electron chi connectivity index (χ2n) is 8.11. The van der Waals surface area contributed by atoms with E-state index in [1.807, 2.05) is 35.2 Å². The van der Waals surface area contributed by atoms with Crippen molar-refractivity contribution in [3.8, 4) is 0 Å². The van der Waals surface area contributed by atoms with Gasteiger partial charge in [0, 0.05) is 62.0 Å². The largest absolute Gasteiger partial charge is 0.340 e. The second kappa shape index (κ2) is 10.1. The van der Waals surface area contributed by atoms with Crippen molar-refractivity contribution in [3.05, 3.63) is 63.7 Å². The van der Waals surface area contributed by atoms with E-state index in [0.29, 0.717) is 25.9 Å². The lowest BCUT2D eigenvalue weighted by Crippen LogP contribution is -2.51. The van der Waals surface area contributed by atoms with E-state index in [-0.39, 0.29) is 11.8 Å². The number of amides is 1. The summed E-state index contributed by atoms with van der Waals surface area (Å²) in [5.74, 6) is 0.112. The van der Waals surface area contributed by atoms with Crippen LogP contribution in [0.4, 0.5) is 0 Å². The van der Waals surface area contributed by atoms with Gasteiger partial charge in [-0.3, -0.25) is 9.69 Å². The maximum absolute atomic E-state index is 13.0. The van der Waals surface area contributed by atoms with Crippen molar-refractivity contribution in [3.63, 3.8) is 0 Å². The van der Waals surface area contributed by atoms with Gasteiger partial charge in [-0.05, 0) is 35.9 Å². The number of piperidine rings is 1. The third-order valence-corrected chi connectivity index (χ3v) is 8.46. The monoisotopic (exact) mass is 459 g/mol. The summed E-state index contributed by atoms with van der Waals surface area (Å²) in [6.07, 6.45) is 2.81. The number of rotatable bonds is 6. The van der Waals surface area contributed by atoms with Crippen molar-refractivity contribution in [2.45, 2.75) is 19.4 Å². The minimum atomic E-state index is -3.47. The van der Waals surface area contributed by atoms with Crippen molar-refractivity contribution in [2.24, 2.45) is 5.92 Å². The number of thiophene rings is 1. The number of carbonyl (C=O) groups is 1. The van der Waals surface area contributed by atoms with Crippen LogP contribution in [0.15, 0.2) is 53.3 Å². The van der Waals surface area contributed by atoms with Crippen LogP contribution in [0.25, 0.3) is 6.08 Å². The Kier molecular flexibility index (Phi) is 7.22. The van der Waals surface area contributed by atoms with Crippen LogP contribution in [-0.4, -0.2) is 67.7 Å². The van der Waals surface area contributed by atoms with E-state index in [0.717, 1.165) is 38.3 Å². The smallest absolute Gasteiger partial charge is 0.236 e. The molecule has 0 spiro atoms. The summed E-state index contributed by atoms with van der Waals surface area (Å²) in [7, 11) is -3.47. The average Bonchev–Trinajstić information content (AvgIpc) is 3.32. The summed E-state index contributed by atoms with van der Waals surface area (Å²) in [4.78, 5) is 18.7. The molecule has 1 aromatic carbocycles. The van der Waals surface area contributed by atoms with E-state index in [2.05, 4.69) is 22.4 Å². The summed E-state index contributed by atoms with van der Waals surface area (Å²) in [6, 6.07) is 13.6. The maximum Gasteiger partial charge on any atom is 0.236 e. The molecular formula is C23H29N3O3S2. The molecule has 0 aliphatic carbocycles. The Bertz CT molecular complexity index is 974. The molecule has 4 rings (SSSR count). The first-order chi connectivity index (χ1) is 15.0. The summed E-state index contributed by atoms with van der Waals surface area (Å²) < 4.78 is 26.8. The molecule has 0 saturated carbocycles. The molecule has 166 valence electrons. The molecule has 6 nitrogen and oxygen atoms in total.